The molecule has 2 amide bonds. The van der Waals surface area contributed by atoms with Crippen molar-refractivity contribution in [3.05, 3.63) is 34.3 Å². The highest BCUT2D eigenvalue weighted by molar-refractivity contribution is 9.10. The Morgan fingerprint density at radius 2 is 1.89 bits per heavy atom. The van der Waals surface area contributed by atoms with E-state index >= 15 is 0 Å². The van der Waals surface area contributed by atoms with E-state index in [9.17, 15) is 14.4 Å². The van der Waals surface area contributed by atoms with Crippen molar-refractivity contribution in [1.82, 2.24) is 5.32 Å². The average Bonchev–Trinajstić information content (AvgIpc) is 2.36. The standard InChI is InChI=1S/C12H13BrN2O4/c1-7(11(14)17)19-10(16)6-15-12(18)8-2-4-9(13)5-3-8/h2-5,7H,6H2,1H3,(H2,14,17)(H,15,18)/t7-/m1/s1. The van der Waals surface area contributed by atoms with Crippen LogP contribution in [0.25, 0.3) is 0 Å². The zero-order chi connectivity index (χ0) is 14.4. The molecule has 3 N–H and O–H groups in total. The monoisotopic (exact) mass is 328 g/mol. The highest BCUT2D eigenvalue weighted by Crippen LogP contribution is 2.10. The Balaban J connectivity index is 2.44. The topological polar surface area (TPSA) is 98.5 Å². The van der Waals surface area contributed by atoms with E-state index in [0.717, 1.165) is 4.47 Å². The number of halogens is 1. The van der Waals surface area contributed by atoms with Crippen molar-refractivity contribution in [3.63, 3.8) is 0 Å². The summed E-state index contributed by atoms with van der Waals surface area (Å²) in [6, 6.07) is 6.64. The number of benzene rings is 1. The summed E-state index contributed by atoms with van der Waals surface area (Å²) < 4.78 is 5.53. The normalized spacial score (nSPS) is 11.5. The highest BCUT2D eigenvalue weighted by Gasteiger charge is 2.15. The van der Waals surface area contributed by atoms with Gasteiger partial charge in [0, 0.05) is 10.0 Å². The van der Waals surface area contributed by atoms with Crippen molar-refractivity contribution in [2.75, 3.05) is 6.54 Å². The maximum Gasteiger partial charge on any atom is 0.326 e. The Hall–Kier alpha value is -1.89. The van der Waals surface area contributed by atoms with E-state index in [0.29, 0.717) is 5.56 Å². The number of hydrogen-bond donors (Lipinski definition) is 2. The van der Waals surface area contributed by atoms with Crippen molar-refractivity contribution < 1.29 is 19.1 Å². The van der Waals surface area contributed by atoms with Crippen LogP contribution < -0.4 is 11.1 Å². The highest BCUT2D eigenvalue weighted by atomic mass is 79.9. The van der Waals surface area contributed by atoms with Crippen LogP contribution in [0, 0.1) is 0 Å². The Morgan fingerprint density at radius 3 is 2.42 bits per heavy atom. The average molecular weight is 329 g/mol. The summed E-state index contributed by atoms with van der Waals surface area (Å²) in [4.78, 5) is 33.6. The molecule has 0 bridgehead atoms. The maximum absolute atomic E-state index is 11.7. The predicted octanol–water partition coefficient (Wildman–Crippen LogP) is 0.596. The Kier molecular flexibility index (Phi) is 5.50. The minimum atomic E-state index is -1.02. The van der Waals surface area contributed by atoms with Crippen LogP contribution in [0.4, 0.5) is 0 Å². The van der Waals surface area contributed by atoms with Crippen LogP contribution in [0.15, 0.2) is 28.7 Å². The third-order valence-electron chi connectivity index (χ3n) is 2.21. The summed E-state index contributed by atoms with van der Waals surface area (Å²) in [5.41, 5.74) is 5.35. The van der Waals surface area contributed by atoms with Crippen molar-refractivity contribution in [2.45, 2.75) is 13.0 Å². The summed E-state index contributed by atoms with van der Waals surface area (Å²) in [6.07, 6.45) is -1.02. The lowest BCUT2D eigenvalue weighted by Gasteiger charge is -2.10. The predicted molar refractivity (Wildman–Crippen MR) is 71.2 cm³/mol. The van der Waals surface area contributed by atoms with E-state index in [1.54, 1.807) is 24.3 Å². The van der Waals surface area contributed by atoms with Crippen molar-refractivity contribution in [3.8, 4) is 0 Å². The van der Waals surface area contributed by atoms with Crippen LogP contribution in [-0.4, -0.2) is 30.4 Å². The number of ether oxygens (including phenoxy) is 1. The van der Waals surface area contributed by atoms with Gasteiger partial charge in [0.05, 0.1) is 0 Å². The first-order valence-corrected chi connectivity index (χ1v) is 6.22. The van der Waals surface area contributed by atoms with Crippen LogP contribution in [-0.2, 0) is 14.3 Å². The number of primary amides is 1. The lowest BCUT2D eigenvalue weighted by atomic mass is 10.2. The second-order valence-corrected chi connectivity index (χ2v) is 4.64. The molecule has 1 rings (SSSR count). The molecule has 1 aromatic rings. The smallest absolute Gasteiger partial charge is 0.326 e. The van der Waals surface area contributed by atoms with Gasteiger partial charge in [-0.1, -0.05) is 15.9 Å². The van der Waals surface area contributed by atoms with Crippen LogP contribution in [0.5, 0.6) is 0 Å². The molecule has 0 aliphatic carbocycles. The van der Waals surface area contributed by atoms with Gasteiger partial charge in [-0.15, -0.1) is 0 Å². The lowest BCUT2D eigenvalue weighted by molar-refractivity contribution is -0.152. The molecule has 0 aliphatic heterocycles. The van der Waals surface area contributed by atoms with Crippen LogP contribution in [0.3, 0.4) is 0 Å². The van der Waals surface area contributed by atoms with Gasteiger partial charge in [0.1, 0.15) is 6.54 Å². The number of carbonyl (C=O) groups excluding carboxylic acids is 3. The molecule has 19 heavy (non-hydrogen) atoms. The summed E-state index contributed by atoms with van der Waals surface area (Å²) in [5.74, 6) is -1.87. The van der Waals surface area contributed by atoms with E-state index in [4.69, 9.17) is 5.73 Å². The summed E-state index contributed by atoms with van der Waals surface area (Å²) >= 11 is 3.25. The van der Waals surface area contributed by atoms with E-state index in [1.807, 2.05) is 0 Å². The molecule has 0 unspecified atom stereocenters. The fourth-order valence-electron chi connectivity index (χ4n) is 1.15. The van der Waals surface area contributed by atoms with Crippen LogP contribution >= 0.6 is 15.9 Å². The van der Waals surface area contributed by atoms with Gasteiger partial charge in [-0.3, -0.25) is 14.4 Å². The molecule has 0 aromatic heterocycles. The van der Waals surface area contributed by atoms with Gasteiger partial charge in [0.25, 0.3) is 11.8 Å². The minimum absolute atomic E-state index is 0.327. The molecule has 1 atom stereocenters. The number of esters is 1. The first-order valence-electron chi connectivity index (χ1n) is 5.42. The van der Waals surface area contributed by atoms with Gasteiger partial charge in [-0.05, 0) is 31.2 Å². The molecular formula is C12H13BrN2O4. The largest absolute Gasteiger partial charge is 0.451 e. The Labute approximate surface area is 118 Å². The molecule has 102 valence electrons. The summed E-state index contributed by atoms with van der Waals surface area (Å²) in [5, 5.41) is 2.38. The molecule has 1 aromatic carbocycles. The number of carbonyl (C=O) groups is 3. The number of rotatable bonds is 5. The van der Waals surface area contributed by atoms with Gasteiger partial charge >= 0.3 is 5.97 Å². The Morgan fingerprint density at radius 1 is 1.32 bits per heavy atom. The van der Waals surface area contributed by atoms with Gasteiger partial charge in [-0.2, -0.15) is 0 Å². The molecule has 7 heteroatoms. The molecule has 0 spiro atoms. The zero-order valence-corrected chi connectivity index (χ0v) is 11.8. The number of amides is 2. The van der Waals surface area contributed by atoms with Gasteiger partial charge in [0.2, 0.25) is 0 Å². The van der Waals surface area contributed by atoms with Gasteiger partial charge in [-0.25, -0.2) is 0 Å². The first kappa shape index (κ1) is 15.2. The van der Waals surface area contributed by atoms with Crippen molar-refractivity contribution >= 4 is 33.7 Å². The lowest BCUT2D eigenvalue weighted by Crippen LogP contribution is -2.36. The first-order chi connectivity index (χ1) is 8.90. The van der Waals surface area contributed by atoms with Crippen LogP contribution in [0.1, 0.15) is 17.3 Å². The van der Waals surface area contributed by atoms with E-state index in [-0.39, 0.29) is 6.54 Å². The molecule has 0 radical (unpaired) electrons. The number of nitrogens with one attached hydrogen (secondary N) is 1. The van der Waals surface area contributed by atoms with Crippen molar-refractivity contribution in [2.24, 2.45) is 5.73 Å². The fourth-order valence-corrected chi connectivity index (χ4v) is 1.42. The van der Waals surface area contributed by atoms with Crippen molar-refractivity contribution in [1.29, 1.82) is 0 Å². The minimum Gasteiger partial charge on any atom is -0.451 e. The molecular weight excluding hydrogens is 316 g/mol. The second kappa shape index (κ2) is 6.89. The molecule has 0 heterocycles. The van der Waals surface area contributed by atoms with E-state index < -0.39 is 23.9 Å². The maximum atomic E-state index is 11.7. The molecule has 0 saturated carbocycles. The summed E-state index contributed by atoms with van der Waals surface area (Å²) in [7, 11) is 0. The third-order valence-corrected chi connectivity index (χ3v) is 2.74. The number of nitrogens with two attached hydrogens (primary N) is 1. The molecule has 0 fully saturated rings. The van der Waals surface area contributed by atoms with E-state index in [1.165, 1.54) is 6.92 Å². The molecule has 0 aliphatic rings. The van der Waals surface area contributed by atoms with E-state index in [2.05, 4.69) is 26.0 Å². The summed E-state index contributed by atoms with van der Waals surface area (Å²) in [6.45, 7) is 1.03. The fraction of sp³-hybridized carbons (Fsp3) is 0.250. The SMILES string of the molecule is C[C@@H](OC(=O)CNC(=O)c1ccc(Br)cc1)C(N)=O. The number of hydrogen-bond acceptors (Lipinski definition) is 4. The Bertz CT molecular complexity index is 487. The van der Waals surface area contributed by atoms with Gasteiger partial charge in [0.15, 0.2) is 6.10 Å². The third kappa shape index (κ3) is 5.09. The second-order valence-electron chi connectivity index (χ2n) is 3.72. The van der Waals surface area contributed by atoms with Crippen LogP contribution in [0.2, 0.25) is 0 Å². The molecule has 0 saturated heterocycles. The van der Waals surface area contributed by atoms with Gasteiger partial charge < -0.3 is 15.8 Å². The quantitative estimate of drug-likeness (QED) is 0.773. The molecule has 6 nitrogen and oxygen atoms in total. The zero-order valence-electron chi connectivity index (χ0n) is 10.2.